The van der Waals surface area contributed by atoms with Gasteiger partial charge in [0.2, 0.25) is 5.91 Å². The molecule has 0 N–H and O–H groups in total. The maximum Gasteiger partial charge on any atom is 0.253 e. The number of benzene rings is 1. The molecule has 0 radical (unpaired) electrons. The number of hydrogen-bond donors (Lipinski definition) is 0. The Balaban J connectivity index is 1.93. The molecule has 0 aromatic heterocycles. The summed E-state index contributed by atoms with van der Waals surface area (Å²) in [5.74, 6) is 0.440. The maximum absolute atomic E-state index is 12.5. The lowest BCUT2D eigenvalue weighted by atomic mass is 10.0. The van der Waals surface area contributed by atoms with Gasteiger partial charge < -0.3 is 9.80 Å². The molecule has 1 fully saturated rings. The first-order valence-electron chi connectivity index (χ1n) is 8.77. The minimum absolute atomic E-state index is 0.0716. The summed E-state index contributed by atoms with van der Waals surface area (Å²) in [7, 11) is 0. The van der Waals surface area contributed by atoms with Crippen molar-refractivity contribution >= 4 is 11.8 Å². The van der Waals surface area contributed by atoms with Crippen molar-refractivity contribution in [3.63, 3.8) is 0 Å². The summed E-state index contributed by atoms with van der Waals surface area (Å²) in [6.45, 7) is 8.77. The molecule has 23 heavy (non-hydrogen) atoms. The summed E-state index contributed by atoms with van der Waals surface area (Å²) in [6, 6.07) is 7.84. The van der Waals surface area contributed by atoms with Crippen LogP contribution in [0, 0.1) is 5.92 Å². The lowest BCUT2D eigenvalue weighted by molar-refractivity contribution is -0.137. The summed E-state index contributed by atoms with van der Waals surface area (Å²) in [4.78, 5) is 28.7. The molecule has 2 rings (SSSR count). The van der Waals surface area contributed by atoms with Crippen LogP contribution < -0.4 is 0 Å². The van der Waals surface area contributed by atoms with Gasteiger partial charge >= 0.3 is 0 Å². The van der Waals surface area contributed by atoms with Gasteiger partial charge in [-0.1, -0.05) is 32.9 Å². The van der Waals surface area contributed by atoms with Gasteiger partial charge in [0.25, 0.3) is 5.91 Å². The predicted molar refractivity (Wildman–Crippen MR) is 92.4 cm³/mol. The molecule has 1 aliphatic rings. The van der Waals surface area contributed by atoms with Gasteiger partial charge in [0.1, 0.15) is 0 Å². The van der Waals surface area contributed by atoms with E-state index in [0.29, 0.717) is 26.2 Å². The van der Waals surface area contributed by atoms with Gasteiger partial charge in [0.05, 0.1) is 0 Å². The van der Waals surface area contributed by atoms with Crippen LogP contribution in [0.2, 0.25) is 0 Å². The van der Waals surface area contributed by atoms with Crippen LogP contribution in [0.15, 0.2) is 24.3 Å². The normalized spacial score (nSPS) is 15.1. The standard InChI is InChI=1S/C19H28N2O2/c1-4-15-7-9-17(10-8-15)19(23)21-13-11-20(12-14-21)18(22)16(5-2)6-3/h7-10,16H,4-6,11-14H2,1-3H3. The van der Waals surface area contributed by atoms with Crippen molar-refractivity contribution in [3.05, 3.63) is 35.4 Å². The van der Waals surface area contributed by atoms with Crippen LogP contribution in [0.25, 0.3) is 0 Å². The number of aryl methyl sites for hydroxylation is 1. The SMILES string of the molecule is CCc1ccc(C(=O)N2CCN(C(=O)C(CC)CC)CC2)cc1. The van der Waals surface area contributed by atoms with Crippen molar-refractivity contribution < 1.29 is 9.59 Å². The number of rotatable bonds is 5. The molecule has 0 saturated carbocycles. The van der Waals surface area contributed by atoms with Gasteiger partial charge in [-0.25, -0.2) is 0 Å². The van der Waals surface area contributed by atoms with Gasteiger partial charge in [0.15, 0.2) is 0 Å². The molecular formula is C19H28N2O2. The van der Waals surface area contributed by atoms with Gasteiger partial charge in [-0.2, -0.15) is 0 Å². The second-order valence-corrected chi connectivity index (χ2v) is 6.18. The average molecular weight is 316 g/mol. The predicted octanol–water partition coefficient (Wildman–Crippen LogP) is 2.97. The van der Waals surface area contributed by atoms with Crippen molar-refractivity contribution in [1.82, 2.24) is 9.80 Å². The van der Waals surface area contributed by atoms with Crippen LogP contribution in [0.1, 0.15) is 49.5 Å². The van der Waals surface area contributed by atoms with E-state index in [2.05, 4.69) is 20.8 Å². The third-order valence-electron chi connectivity index (χ3n) is 4.82. The fourth-order valence-electron chi connectivity index (χ4n) is 3.09. The average Bonchev–Trinajstić information content (AvgIpc) is 2.62. The van der Waals surface area contributed by atoms with Crippen molar-refractivity contribution in [1.29, 1.82) is 0 Å². The number of amides is 2. The van der Waals surface area contributed by atoms with Crippen molar-refractivity contribution in [2.45, 2.75) is 40.0 Å². The highest BCUT2D eigenvalue weighted by atomic mass is 16.2. The molecule has 1 aliphatic heterocycles. The summed E-state index contributed by atoms with van der Waals surface area (Å²) in [5, 5.41) is 0. The number of piperazine rings is 1. The van der Waals surface area contributed by atoms with E-state index in [9.17, 15) is 9.59 Å². The second kappa shape index (κ2) is 8.14. The summed E-state index contributed by atoms with van der Waals surface area (Å²) in [6.07, 6.45) is 2.75. The van der Waals surface area contributed by atoms with Crippen LogP contribution in [0.5, 0.6) is 0 Å². The van der Waals surface area contributed by atoms with Gasteiger partial charge in [-0.15, -0.1) is 0 Å². The van der Waals surface area contributed by atoms with Crippen LogP contribution in [-0.2, 0) is 11.2 Å². The third-order valence-corrected chi connectivity index (χ3v) is 4.82. The monoisotopic (exact) mass is 316 g/mol. The quantitative estimate of drug-likeness (QED) is 0.838. The molecule has 4 heteroatoms. The van der Waals surface area contributed by atoms with Gasteiger partial charge in [-0.3, -0.25) is 9.59 Å². The molecule has 1 aromatic carbocycles. The molecule has 0 unspecified atom stereocenters. The first-order chi connectivity index (χ1) is 11.1. The van der Waals surface area contributed by atoms with E-state index in [4.69, 9.17) is 0 Å². The van der Waals surface area contributed by atoms with Crippen LogP contribution in [-0.4, -0.2) is 47.8 Å². The number of nitrogens with zero attached hydrogens (tertiary/aromatic N) is 2. The molecule has 0 spiro atoms. The fourth-order valence-corrected chi connectivity index (χ4v) is 3.09. The molecule has 1 aromatic rings. The largest absolute Gasteiger partial charge is 0.339 e. The molecule has 4 nitrogen and oxygen atoms in total. The third kappa shape index (κ3) is 4.12. The highest BCUT2D eigenvalue weighted by Gasteiger charge is 2.27. The Labute approximate surface area is 139 Å². The molecule has 1 saturated heterocycles. The van der Waals surface area contributed by atoms with E-state index in [0.717, 1.165) is 24.8 Å². The number of carbonyl (C=O) groups excluding carboxylic acids is 2. The van der Waals surface area contributed by atoms with Crippen LogP contribution in [0.3, 0.4) is 0 Å². The van der Waals surface area contributed by atoms with Crippen LogP contribution >= 0.6 is 0 Å². The lowest BCUT2D eigenvalue weighted by Gasteiger charge is -2.36. The van der Waals surface area contributed by atoms with E-state index in [1.807, 2.05) is 34.1 Å². The Morgan fingerprint density at radius 3 is 1.91 bits per heavy atom. The molecule has 0 aliphatic carbocycles. The van der Waals surface area contributed by atoms with Crippen LogP contribution in [0.4, 0.5) is 0 Å². The van der Waals surface area contributed by atoms with Crippen molar-refractivity contribution in [3.8, 4) is 0 Å². The number of carbonyl (C=O) groups is 2. The Kier molecular flexibility index (Phi) is 6.20. The minimum Gasteiger partial charge on any atom is -0.339 e. The zero-order valence-corrected chi connectivity index (χ0v) is 14.5. The fraction of sp³-hybridized carbons (Fsp3) is 0.579. The Bertz CT molecular complexity index is 527. The number of hydrogen-bond acceptors (Lipinski definition) is 2. The zero-order chi connectivity index (χ0) is 16.8. The van der Waals surface area contributed by atoms with E-state index in [1.165, 1.54) is 5.56 Å². The molecule has 126 valence electrons. The summed E-state index contributed by atoms with van der Waals surface area (Å²) in [5.41, 5.74) is 1.98. The Morgan fingerprint density at radius 2 is 1.43 bits per heavy atom. The smallest absolute Gasteiger partial charge is 0.253 e. The first-order valence-corrected chi connectivity index (χ1v) is 8.77. The zero-order valence-electron chi connectivity index (χ0n) is 14.5. The molecule has 1 heterocycles. The van der Waals surface area contributed by atoms with Gasteiger partial charge in [0, 0.05) is 37.7 Å². The molecule has 2 amide bonds. The van der Waals surface area contributed by atoms with E-state index in [-0.39, 0.29) is 17.7 Å². The van der Waals surface area contributed by atoms with E-state index >= 15 is 0 Å². The Hall–Kier alpha value is -1.84. The molecule has 0 bridgehead atoms. The summed E-state index contributed by atoms with van der Waals surface area (Å²) >= 11 is 0. The van der Waals surface area contributed by atoms with Crippen molar-refractivity contribution in [2.75, 3.05) is 26.2 Å². The molecule has 0 atom stereocenters. The first kappa shape index (κ1) is 17.5. The minimum atomic E-state index is 0.0716. The molecular weight excluding hydrogens is 288 g/mol. The highest BCUT2D eigenvalue weighted by Crippen LogP contribution is 2.15. The Morgan fingerprint density at radius 1 is 0.913 bits per heavy atom. The summed E-state index contributed by atoms with van der Waals surface area (Å²) < 4.78 is 0. The second-order valence-electron chi connectivity index (χ2n) is 6.18. The van der Waals surface area contributed by atoms with E-state index < -0.39 is 0 Å². The highest BCUT2D eigenvalue weighted by molar-refractivity contribution is 5.94. The van der Waals surface area contributed by atoms with E-state index in [1.54, 1.807) is 0 Å². The van der Waals surface area contributed by atoms with Crippen molar-refractivity contribution in [2.24, 2.45) is 5.92 Å². The topological polar surface area (TPSA) is 40.6 Å². The maximum atomic E-state index is 12.5. The lowest BCUT2D eigenvalue weighted by Crippen LogP contribution is -2.51. The van der Waals surface area contributed by atoms with Gasteiger partial charge in [-0.05, 0) is 37.0 Å².